The topological polar surface area (TPSA) is 35.2 Å². The van der Waals surface area contributed by atoms with Gasteiger partial charge in [-0.05, 0) is 36.5 Å². The summed E-state index contributed by atoms with van der Waals surface area (Å²) in [7, 11) is 0. The van der Waals surface area contributed by atoms with Crippen LogP contribution in [-0.4, -0.2) is 6.36 Å². The van der Waals surface area contributed by atoms with Crippen molar-refractivity contribution in [1.29, 1.82) is 0 Å². The highest BCUT2D eigenvalue weighted by Gasteiger charge is 2.32. The van der Waals surface area contributed by atoms with E-state index < -0.39 is 12.1 Å². The van der Waals surface area contributed by atoms with Crippen molar-refractivity contribution in [2.75, 3.05) is 0 Å². The first-order chi connectivity index (χ1) is 8.69. The van der Waals surface area contributed by atoms with Crippen molar-refractivity contribution < 1.29 is 17.9 Å². The molecule has 1 aromatic carbocycles. The second-order valence-corrected chi connectivity index (χ2v) is 5.22. The Morgan fingerprint density at radius 1 is 1.25 bits per heavy atom. The highest BCUT2D eigenvalue weighted by molar-refractivity contribution is 6.32. The van der Waals surface area contributed by atoms with Gasteiger partial charge in [-0.2, -0.15) is 0 Å². The van der Waals surface area contributed by atoms with Gasteiger partial charge in [0.25, 0.3) is 0 Å². The summed E-state index contributed by atoms with van der Waals surface area (Å²) in [5, 5.41) is -0.0881. The monoisotopic (exact) mass is 331 g/mol. The predicted octanol–water partition coefficient (Wildman–Crippen LogP) is 5.10. The van der Waals surface area contributed by atoms with Gasteiger partial charge >= 0.3 is 6.36 Å². The van der Waals surface area contributed by atoms with Crippen LogP contribution in [0.2, 0.25) is 5.02 Å². The number of nitrogens with two attached hydrogens (primary N) is 1. The third-order valence-electron chi connectivity index (χ3n) is 2.66. The van der Waals surface area contributed by atoms with Gasteiger partial charge < -0.3 is 10.5 Å². The molecule has 0 aliphatic heterocycles. The zero-order valence-corrected chi connectivity index (χ0v) is 12.8. The van der Waals surface area contributed by atoms with E-state index >= 15 is 0 Å². The quantitative estimate of drug-likeness (QED) is 0.814. The summed E-state index contributed by atoms with van der Waals surface area (Å²) < 4.78 is 40.0. The zero-order valence-electron chi connectivity index (χ0n) is 11.2. The Kier molecular flexibility index (Phi) is 7.70. The average molecular weight is 332 g/mol. The molecule has 0 saturated carbocycles. The number of benzene rings is 1. The molecule has 20 heavy (non-hydrogen) atoms. The van der Waals surface area contributed by atoms with Gasteiger partial charge in [0.15, 0.2) is 0 Å². The number of alkyl halides is 3. The van der Waals surface area contributed by atoms with Crippen LogP contribution in [0.5, 0.6) is 5.75 Å². The molecule has 2 N–H and O–H groups in total. The standard InChI is InChI=1S/C13H17ClF3NO.ClH/c1-8(2)3-5-11(18)9-4-6-12(10(14)7-9)19-13(15,16)17;/h4,6-8,11H,3,5,18H2,1-2H3;1H/t11-;/m0./s1. The van der Waals surface area contributed by atoms with E-state index in [0.29, 0.717) is 11.5 Å². The zero-order chi connectivity index (χ0) is 14.6. The average Bonchev–Trinajstić information content (AvgIpc) is 2.27. The van der Waals surface area contributed by atoms with Gasteiger partial charge in [0.1, 0.15) is 5.75 Å². The Bertz CT molecular complexity index is 425. The van der Waals surface area contributed by atoms with Gasteiger partial charge in [0.2, 0.25) is 0 Å². The van der Waals surface area contributed by atoms with Crippen molar-refractivity contribution in [2.45, 2.75) is 39.1 Å². The van der Waals surface area contributed by atoms with Crippen LogP contribution in [0.25, 0.3) is 0 Å². The molecule has 0 fully saturated rings. The van der Waals surface area contributed by atoms with Crippen LogP contribution in [0.15, 0.2) is 18.2 Å². The molecule has 0 spiro atoms. The third kappa shape index (κ3) is 6.68. The number of halogens is 5. The normalized spacial score (nSPS) is 13.0. The smallest absolute Gasteiger partial charge is 0.404 e. The molecule has 2 nitrogen and oxygen atoms in total. The van der Waals surface area contributed by atoms with E-state index in [1.807, 2.05) is 0 Å². The van der Waals surface area contributed by atoms with Gasteiger partial charge in [-0.15, -0.1) is 25.6 Å². The molecular formula is C13H18Cl2F3NO. The second-order valence-electron chi connectivity index (χ2n) is 4.82. The fraction of sp³-hybridized carbons (Fsp3) is 0.538. The van der Waals surface area contributed by atoms with Crippen molar-refractivity contribution >= 4 is 24.0 Å². The molecule has 0 aliphatic carbocycles. The van der Waals surface area contributed by atoms with E-state index in [4.69, 9.17) is 17.3 Å². The minimum Gasteiger partial charge on any atom is -0.404 e. The maximum absolute atomic E-state index is 12.1. The summed E-state index contributed by atoms with van der Waals surface area (Å²) in [6.07, 6.45) is -3.04. The minimum atomic E-state index is -4.75. The summed E-state index contributed by atoms with van der Waals surface area (Å²) in [4.78, 5) is 0. The Morgan fingerprint density at radius 3 is 2.30 bits per heavy atom. The third-order valence-corrected chi connectivity index (χ3v) is 2.96. The first-order valence-corrected chi connectivity index (χ1v) is 6.37. The Hall–Kier alpha value is -0.650. The molecule has 0 aliphatic rings. The molecule has 116 valence electrons. The lowest BCUT2D eigenvalue weighted by atomic mass is 9.98. The SMILES string of the molecule is CC(C)CC[C@H](N)c1ccc(OC(F)(F)F)c(Cl)c1.Cl. The van der Waals surface area contributed by atoms with Crippen molar-refractivity contribution in [3.05, 3.63) is 28.8 Å². The van der Waals surface area contributed by atoms with Gasteiger partial charge in [0.05, 0.1) is 5.02 Å². The lowest BCUT2D eigenvalue weighted by Crippen LogP contribution is -2.17. The molecule has 1 rings (SSSR count). The molecular weight excluding hydrogens is 314 g/mol. The molecule has 0 amide bonds. The van der Waals surface area contributed by atoms with E-state index in [2.05, 4.69) is 18.6 Å². The first-order valence-electron chi connectivity index (χ1n) is 6.00. The molecule has 0 aromatic heterocycles. The molecule has 0 unspecified atom stereocenters. The molecule has 0 radical (unpaired) electrons. The number of rotatable bonds is 5. The Morgan fingerprint density at radius 2 is 1.85 bits per heavy atom. The molecule has 1 aromatic rings. The van der Waals surface area contributed by atoms with E-state index in [1.165, 1.54) is 18.2 Å². The van der Waals surface area contributed by atoms with Crippen LogP contribution >= 0.6 is 24.0 Å². The maximum atomic E-state index is 12.1. The molecule has 7 heteroatoms. The summed E-state index contributed by atoms with van der Waals surface area (Å²) in [5.41, 5.74) is 6.68. The number of hydrogen-bond donors (Lipinski definition) is 1. The summed E-state index contributed by atoms with van der Waals surface area (Å²) in [6.45, 7) is 4.17. The highest BCUT2D eigenvalue weighted by atomic mass is 35.5. The van der Waals surface area contributed by atoms with Crippen molar-refractivity contribution in [2.24, 2.45) is 11.7 Å². The van der Waals surface area contributed by atoms with E-state index in [1.54, 1.807) is 0 Å². The molecule has 0 bridgehead atoms. The predicted molar refractivity (Wildman–Crippen MR) is 76.4 cm³/mol. The molecule has 1 atom stereocenters. The van der Waals surface area contributed by atoms with E-state index in [-0.39, 0.29) is 23.5 Å². The fourth-order valence-electron chi connectivity index (χ4n) is 1.63. The summed E-state index contributed by atoms with van der Waals surface area (Å²) >= 11 is 5.76. The van der Waals surface area contributed by atoms with Crippen LogP contribution in [0.3, 0.4) is 0 Å². The van der Waals surface area contributed by atoms with Crippen LogP contribution in [0.4, 0.5) is 13.2 Å². The van der Waals surface area contributed by atoms with Crippen molar-refractivity contribution in [1.82, 2.24) is 0 Å². The largest absolute Gasteiger partial charge is 0.573 e. The van der Waals surface area contributed by atoms with Crippen LogP contribution in [0, 0.1) is 5.92 Å². The fourth-order valence-corrected chi connectivity index (χ4v) is 1.86. The molecule has 0 saturated heterocycles. The first kappa shape index (κ1) is 19.4. The lowest BCUT2D eigenvalue weighted by molar-refractivity contribution is -0.274. The van der Waals surface area contributed by atoms with Gasteiger partial charge in [-0.1, -0.05) is 31.5 Å². The maximum Gasteiger partial charge on any atom is 0.573 e. The number of ether oxygens (including phenoxy) is 1. The number of hydrogen-bond acceptors (Lipinski definition) is 2. The summed E-state index contributed by atoms with van der Waals surface area (Å²) in [5.74, 6) is 0.114. The van der Waals surface area contributed by atoms with Crippen LogP contribution in [0.1, 0.15) is 38.3 Å². The van der Waals surface area contributed by atoms with Crippen LogP contribution < -0.4 is 10.5 Å². The van der Waals surface area contributed by atoms with Crippen molar-refractivity contribution in [3.63, 3.8) is 0 Å². The second kappa shape index (κ2) is 7.96. The van der Waals surface area contributed by atoms with Gasteiger partial charge in [-0.25, -0.2) is 0 Å². The lowest BCUT2D eigenvalue weighted by Gasteiger charge is -2.16. The van der Waals surface area contributed by atoms with E-state index in [9.17, 15) is 13.2 Å². The highest BCUT2D eigenvalue weighted by Crippen LogP contribution is 2.32. The van der Waals surface area contributed by atoms with Gasteiger partial charge in [-0.3, -0.25) is 0 Å². The minimum absolute atomic E-state index is 0. The Balaban J connectivity index is 0.00000361. The van der Waals surface area contributed by atoms with E-state index in [0.717, 1.165) is 12.8 Å². The summed E-state index contributed by atoms with van der Waals surface area (Å²) in [6, 6.07) is 3.89. The van der Waals surface area contributed by atoms with Crippen molar-refractivity contribution in [3.8, 4) is 5.75 Å². The molecule has 0 heterocycles. The van der Waals surface area contributed by atoms with Gasteiger partial charge in [0, 0.05) is 6.04 Å². The van der Waals surface area contributed by atoms with Crippen LogP contribution in [-0.2, 0) is 0 Å². The Labute approximate surface area is 127 Å².